The number of benzene rings is 1. The molecule has 1 N–H and O–H groups in total. The van der Waals surface area contributed by atoms with Crippen LogP contribution in [0.25, 0.3) is 0 Å². The van der Waals surface area contributed by atoms with E-state index in [4.69, 9.17) is 4.74 Å². The van der Waals surface area contributed by atoms with Crippen LogP contribution in [0.3, 0.4) is 0 Å². The summed E-state index contributed by atoms with van der Waals surface area (Å²) in [6.45, 7) is -0.0894. The lowest BCUT2D eigenvalue weighted by Crippen LogP contribution is -2.15. The van der Waals surface area contributed by atoms with Gasteiger partial charge in [0.1, 0.15) is 12.4 Å². The first kappa shape index (κ1) is 13.2. The number of aliphatic hydroxyl groups is 1. The van der Waals surface area contributed by atoms with Crippen LogP contribution in [-0.2, 0) is 23.2 Å². The molecule has 0 aliphatic heterocycles. The minimum absolute atomic E-state index is 0.0894. The number of ether oxygens (including phenoxy) is 1. The van der Waals surface area contributed by atoms with E-state index in [0.29, 0.717) is 11.1 Å². The van der Waals surface area contributed by atoms with Crippen LogP contribution in [-0.4, -0.2) is 20.9 Å². The third-order valence-electron chi connectivity index (χ3n) is 2.53. The van der Waals surface area contributed by atoms with E-state index in [2.05, 4.69) is 5.10 Å². The van der Waals surface area contributed by atoms with Crippen molar-refractivity contribution in [3.8, 4) is 0 Å². The van der Waals surface area contributed by atoms with Gasteiger partial charge in [-0.15, -0.1) is 0 Å². The number of aryl methyl sites for hydroxylation is 1. The zero-order valence-corrected chi connectivity index (χ0v) is 10.3. The number of hydrogen-bond donors (Lipinski definition) is 1. The van der Waals surface area contributed by atoms with Gasteiger partial charge in [-0.2, -0.15) is 5.10 Å². The van der Waals surface area contributed by atoms with Crippen LogP contribution in [0.2, 0.25) is 0 Å². The van der Waals surface area contributed by atoms with Crippen molar-refractivity contribution in [2.75, 3.05) is 0 Å². The lowest BCUT2D eigenvalue weighted by atomic mass is 10.2. The molecule has 1 unspecified atom stereocenters. The van der Waals surface area contributed by atoms with Gasteiger partial charge in [0.2, 0.25) is 0 Å². The summed E-state index contributed by atoms with van der Waals surface area (Å²) in [5.41, 5.74) is 0.874. The Hall–Kier alpha value is -2.21. The number of nitrogens with zero attached hydrogens (tertiary/aromatic N) is 2. The number of aromatic nitrogens is 2. The van der Waals surface area contributed by atoms with Crippen molar-refractivity contribution in [3.05, 3.63) is 53.6 Å². The topological polar surface area (TPSA) is 64.4 Å². The number of carbonyl (C=O) groups excluding carboxylic acids is 1. The first-order valence-electron chi connectivity index (χ1n) is 5.64. The fourth-order valence-electron chi connectivity index (χ4n) is 1.58. The molecular weight excluding hydrogens is 251 g/mol. The summed E-state index contributed by atoms with van der Waals surface area (Å²) in [6.07, 6.45) is 1.52. The van der Waals surface area contributed by atoms with Gasteiger partial charge in [0.15, 0.2) is 6.10 Å². The molecule has 19 heavy (non-hydrogen) atoms. The van der Waals surface area contributed by atoms with E-state index in [1.165, 1.54) is 35.3 Å². The van der Waals surface area contributed by atoms with Crippen LogP contribution in [0.15, 0.2) is 36.7 Å². The van der Waals surface area contributed by atoms with Crippen LogP contribution < -0.4 is 0 Å². The molecule has 1 heterocycles. The quantitative estimate of drug-likeness (QED) is 0.846. The van der Waals surface area contributed by atoms with Gasteiger partial charge >= 0.3 is 5.97 Å². The molecule has 2 rings (SSSR count). The number of esters is 1. The Kier molecular flexibility index (Phi) is 3.91. The zero-order valence-electron chi connectivity index (χ0n) is 10.3. The van der Waals surface area contributed by atoms with Gasteiger partial charge in [-0.05, 0) is 17.7 Å². The monoisotopic (exact) mass is 264 g/mol. The number of carbonyl (C=O) groups is 1. The summed E-state index contributed by atoms with van der Waals surface area (Å²) in [7, 11) is 1.67. The van der Waals surface area contributed by atoms with E-state index in [9.17, 15) is 14.3 Å². The average molecular weight is 264 g/mol. The van der Waals surface area contributed by atoms with Crippen LogP contribution in [0.1, 0.15) is 17.2 Å². The number of halogens is 1. The normalized spacial score (nSPS) is 12.2. The van der Waals surface area contributed by atoms with Gasteiger partial charge in [-0.1, -0.05) is 12.1 Å². The Labute approximate surface area is 109 Å². The van der Waals surface area contributed by atoms with E-state index in [1.54, 1.807) is 13.1 Å². The van der Waals surface area contributed by atoms with Crippen LogP contribution in [0.5, 0.6) is 0 Å². The fraction of sp³-hybridized carbons (Fsp3) is 0.231. The molecule has 0 amide bonds. The van der Waals surface area contributed by atoms with E-state index < -0.39 is 17.9 Å². The first-order valence-corrected chi connectivity index (χ1v) is 5.64. The van der Waals surface area contributed by atoms with Crippen molar-refractivity contribution in [3.63, 3.8) is 0 Å². The van der Waals surface area contributed by atoms with Crippen molar-refractivity contribution in [2.45, 2.75) is 12.7 Å². The van der Waals surface area contributed by atoms with E-state index in [0.717, 1.165) is 0 Å². The minimum atomic E-state index is -1.39. The maximum Gasteiger partial charge on any atom is 0.340 e. The number of hydrogen-bond acceptors (Lipinski definition) is 4. The van der Waals surface area contributed by atoms with Crippen LogP contribution in [0.4, 0.5) is 4.39 Å². The number of aliphatic hydroxyl groups excluding tert-OH is 1. The highest BCUT2D eigenvalue weighted by atomic mass is 19.1. The van der Waals surface area contributed by atoms with Gasteiger partial charge in [0.25, 0.3) is 0 Å². The van der Waals surface area contributed by atoms with Gasteiger partial charge in [-0.25, -0.2) is 9.18 Å². The SMILES string of the molecule is Cn1cc(C(O)C(=O)OCc2cccc(F)c2)cn1. The molecule has 5 nitrogen and oxygen atoms in total. The second-order valence-electron chi connectivity index (χ2n) is 4.09. The molecule has 1 aromatic heterocycles. The molecule has 1 atom stereocenters. The maximum atomic E-state index is 12.9. The first-order chi connectivity index (χ1) is 9.06. The second kappa shape index (κ2) is 5.62. The van der Waals surface area contributed by atoms with Gasteiger partial charge in [0, 0.05) is 18.8 Å². The summed E-state index contributed by atoms with van der Waals surface area (Å²) in [4.78, 5) is 11.6. The van der Waals surface area contributed by atoms with Crippen molar-refractivity contribution < 1.29 is 19.0 Å². The summed E-state index contributed by atoms with van der Waals surface area (Å²) in [5.74, 6) is -1.20. The minimum Gasteiger partial charge on any atom is -0.459 e. The highest BCUT2D eigenvalue weighted by Gasteiger charge is 2.20. The van der Waals surface area contributed by atoms with Crippen molar-refractivity contribution in [1.82, 2.24) is 9.78 Å². The van der Waals surface area contributed by atoms with Crippen molar-refractivity contribution in [1.29, 1.82) is 0 Å². The molecule has 0 aliphatic carbocycles. The van der Waals surface area contributed by atoms with Crippen LogP contribution in [0, 0.1) is 5.82 Å². The smallest absolute Gasteiger partial charge is 0.340 e. The van der Waals surface area contributed by atoms with Crippen molar-refractivity contribution >= 4 is 5.97 Å². The number of rotatable bonds is 4. The molecular formula is C13H13FN2O3. The highest BCUT2D eigenvalue weighted by Crippen LogP contribution is 2.14. The standard InChI is InChI=1S/C13H13FN2O3/c1-16-7-10(6-15-16)12(17)13(18)19-8-9-3-2-4-11(14)5-9/h2-7,12,17H,8H2,1H3. The average Bonchev–Trinajstić information content (AvgIpc) is 2.82. The largest absolute Gasteiger partial charge is 0.459 e. The van der Waals surface area contributed by atoms with Crippen LogP contribution >= 0.6 is 0 Å². The predicted molar refractivity (Wildman–Crippen MR) is 64.4 cm³/mol. The molecule has 0 saturated carbocycles. The van der Waals surface area contributed by atoms with E-state index >= 15 is 0 Å². The van der Waals surface area contributed by atoms with E-state index in [1.807, 2.05) is 0 Å². The third kappa shape index (κ3) is 3.38. The molecule has 0 aliphatic rings. The molecule has 0 fully saturated rings. The Balaban J connectivity index is 1.94. The van der Waals surface area contributed by atoms with E-state index in [-0.39, 0.29) is 6.61 Å². The predicted octanol–water partition coefficient (Wildman–Crippen LogP) is 1.34. The molecule has 1 aromatic carbocycles. The van der Waals surface area contributed by atoms with Gasteiger partial charge in [-0.3, -0.25) is 4.68 Å². The molecule has 0 saturated heterocycles. The van der Waals surface area contributed by atoms with Gasteiger partial charge in [0.05, 0.1) is 6.20 Å². The van der Waals surface area contributed by atoms with Gasteiger partial charge < -0.3 is 9.84 Å². The lowest BCUT2D eigenvalue weighted by Gasteiger charge is -2.09. The molecule has 2 aromatic rings. The fourth-order valence-corrected chi connectivity index (χ4v) is 1.58. The lowest BCUT2D eigenvalue weighted by molar-refractivity contribution is -0.155. The summed E-state index contributed by atoms with van der Waals surface area (Å²) < 4.78 is 19.3. The Morgan fingerprint density at radius 2 is 2.37 bits per heavy atom. The molecule has 0 spiro atoms. The Bertz CT molecular complexity index is 583. The Morgan fingerprint density at radius 1 is 1.58 bits per heavy atom. The second-order valence-corrected chi connectivity index (χ2v) is 4.09. The Morgan fingerprint density at radius 3 is 3.00 bits per heavy atom. The molecule has 0 bridgehead atoms. The summed E-state index contributed by atoms with van der Waals surface area (Å²) in [6, 6.07) is 5.72. The zero-order chi connectivity index (χ0) is 13.8. The molecule has 6 heteroatoms. The van der Waals surface area contributed by atoms with Crippen molar-refractivity contribution in [2.24, 2.45) is 7.05 Å². The molecule has 100 valence electrons. The maximum absolute atomic E-state index is 12.9. The third-order valence-corrected chi connectivity index (χ3v) is 2.53. The summed E-state index contributed by atoms with van der Waals surface area (Å²) >= 11 is 0. The molecule has 0 radical (unpaired) electrons. The highest BCUT2D eigenvalue weighted by molar-refractivity contribution is 5.76. The summed E-state index contributed by atoms with van der Waals surface area (Å²) in [5, 5.41) is 13.6.